The van der Waals surface area contributed by atoms with Crippen LogP contribution in [0.3, 0.4) is 0 Å². The number of pyridine rings is 1. The molecule has 0 aliphatic heterocycles. The number of rotatable bonds is 4. The summed E-state index contributed by atoms with van der Waals surface area (Å²) < 4.78 is 0. The van der Waals surface area contributed by atoms with E-state index in [4.69, 9.17) is 0 Å². The normalized spacial score (nSPS) is 10.6. The molecule has 132 valence electrons. The van der Waals surface area contributed by atoms with Crippen LogP contribution in [0.5, 0.6) is 0 Å². The van der Waals surface area contributed by atoms with Gasteiger partial charge in [-0.2, -0.15) is 0 Å². The molecule has 5 heteroatoms. The summed E-state index contributed by atoms with van der Waals surface area (Å²) in [7, 11) is 3.49. The molecular weight excluding hydrogens is 324 g/mol. The van der Waals surface area contributed by atoms with Crippen LogP contribution in [0.25, 0.3) is 22.4 Å². The fraction of sp³-hybridized carbons (Fsp3) is 0.238. The van der Waals surface area contributed by atoms with Crippen LogP contribution in [0.2, 0.25) is 0 Å². The van der Waals surface area contributed by atoms with Crippen molar-refractivity contribution in [3.63, 3.8) is 0 Å². The maximum Gasteiger partial charge on any atom is 0.253 e. The maximum absolute atomic E-state index is 12.1. The molecule has 0 atom stereocenters. The van der Waals surface area contributed by atoms with Gasteiger partial charge in [-0.25, -0.2) is 9.97 Å². The third-order valence-electron chi connectivity index (χ3n) is 4.27. The van der Waals surface area contributed by atoms with Gasteiger partial charge in [0.25, 0.3) is 5.91 Å². The smallest absolute Gasteiger partial charge is 0.253 e. The minimum absolute atomic E-state index is 0.0172. The molecule has 0 bridgehead atoms. The van der Waals surface area contributed by atoms with Crippen molar-refractivity contribution >= 4 is 5.91 Å². The van der Waals surface area contributed by atoms with Gasteiger partial charge in [-0.3, -0.25) is 9.78 Å². The Morgan fingerprint density at radius 3 is 2.23 bits per heavy atom. The highest BCUT2D eigenvalue weighted by molar-refractivity contribution is 5.94. The van der Waals surface area contributed by atoms with Crippen LogP contribution in [0.4, 0.5) is 0 Å². The van der Waals surface area contributed by atoms with Crippen LogP contribution in [-0.2, 0) is 6.42 Å². The standard InChI is InChI=1S/C21H22N4O/c1-5-18-19(17-7-6-14(2)22-12-17)20(24-13-23-18)15-8-10-16(11-9-15)21(26)25(3)4/h6-13H,5H2,1-4H3. The van der Waals surface area contributed by atoms with Crippen molar-refractivity contribution in [2.45, 2.75) is 20.3 Å². The summed E-state index contributed by atoms with van der Waals surface area (Å²) in [6, 6.07) is 11.6. The molecular formula is C21H22N4O. The van der Waals surface area contributed by atoms with Crippen molar-refractivity contribution in [3.05, 3.63) is 65.9 Å². The predicted octanol–water partition coefficient (Wildman–Crippen LogP) is 3.78. The number of aryl methyl sites for hydroxylation is 2. The number of aromatic nitrogens is 3. The summed E-state index contributed by atoms with van der Waals surface area (Å²) in [5, 5.41) is 0. The molecule has 0 saturated heterocycles. The molecule has 3 rings (SSSR count). The molecule has 0 fully saturated rings. The first-order chi connectivity index (χ1) is 12.5. The van der Waals surface area contributed by atoms with Crippen molar-refractivity contribution in [1.82, 2.24) is 19.9 Å². The first-order valence-corrected chi connectivity index (χ1v) is 8.60. The first kappa shape index (κ1) is 17.7. The number of hydrogen-bond acceptors (Lipinski definition) is 4. The van der Waals surface area contributed by atoms with E-state index in [-0.39, 0.29) is 5.91 Å². The van der Waals surface area contributed by atoms with Crippen molar-refractivity contribution in [2.75, 3.05) is 14.1 Å². The Morgan fingerprint density at radius 1 is 0.962 bits per heavy atom. The van der Waals surface area contributed by atoms with Gasteiger partial charge in [-0.05, 0) is 31.5 Å². The highest BCUT2D eigenvalue weighted by atomic mass is 16.2. The Labute approximate surface area is 153 Å². The second-order valence-electron chi connectivity index (χ2n) is 6.36. The lowest BCUT2D eigenvalue weighted by atomic mass is 9.97. The zero-order valence-electron chi connectivity index (χ0n) is 15.5. The van der Waals surface area contributed by atoms with E-state index in [1.165, 1.54) is 0 Å². The average molecular weight is 346 g/mol. The van der Waals surface area contributed by atoms with Gasteiger partial charge >= 0.3 is 0 Å². The fourth-order valence-corrected chi connectivity index (χ4v) is 2.86. The number of nitrogens with zero attached hydrogens (tertiary/aromatic N) is 4. The molecule has 0 spiro atoms. The summed E-state index contributed by atoms with van der Waals surface area (Å²) in [5.74, 6) is -0.0172. The molecule has 0 aliphatic rings. The van der Waals surface area contributed by atoms with Crippen LogP contribution in [0, 0.1) is 6.92 Å². The number of benzene rings is 1. The SMILES string of the molecule is CCc1ncnc(-c2ccc(C(=O)N(C)C)cc2)c1-c1ccc(C)nc1. The minimum atomic E-state index is -0.0172. The largest absolute Gasteiger partial charge is 0.345 e. The minimum Gasteiger partial charge on any atom is -0.345 e. The van der Waals surface area contributed by atoms with Crippen LogP contribution in [0.15, 0.2) is 48.9 Å². The number of amides is 1. The van der Waals surface area contributed by atoms with Crippen molar-refractivity contribution in [1.29, 1.82) is 0 Å². The first-order valence-electron chi connectivity index (χ1n) is 8.60. The monoisotopic (exact) mass is 346 g/mol. The van der Waals surface area contributed by atoms with Crippen molar-refractivity contribution in [2.24, 2.45) is 0 Å². The average Bonchev–Trinajstić information content (AvgIpc) is 2.67. The molecule has 26 heavy (non-hydrogen) atoms. The summed E-state index contributed by atoms with van der Waals surface area (Å²) in [6.07, 6.45) is 4.26. The van der Waals surface area contributed by atoms with Gasteiger partial charge in [0.1, 0.15) is 6.33 Å². The number of carbonyl (C=O) groups is 1. The second-order valence-corrected chi connectivity index (χ2v) is 6.36. The summed E-state index contributed by atoms with van der Waals surface area (Å²) in [5.41, 5.74) is 6.40. The molecule has 0 saturated carbocycles. The van der Waals surface area contributed by atoms with Gasteiger partial charge in [0.2, 0.25) is 0 Å². The van der Waals surface area contributed by atoms with E-state index in [2.05, 4.69) is 21.9 Å². The van der Waals surface area contributed by atoms with Crippen molar-refractivity contribution < 1.29 is 4.79 Å². The summed E-state index contributed by atoms with van der Waals surface area (Å²) >= 11 is 0. The Morgan fingerprint density at radius 2 is 1.65 bits per heavy atom. The maximum atomic E-state index is 12.1. The van der Waals surface area contributed by atoms with Crippen molar-refractivity contribution in [3.8, 4) is 22.4 Å². The molecule has 3 aromatic rings. The van der Waals surface area contributed by atoms with E-state index < -0.39 is 0 Å². The molecule has 0 N–H and O–H groups in total. The van der Waals surface area contributed by atoms with Crippen LogP contribution < -0.4 is 0 Å². The van der Waals surface area contributed by atoms with Gasteiger partial charge in [-0.15, -0.1) is 0 Å². The molecule has 0 radical (unpaired) electrons. The van der Waals surface area contributed by atoms with Gasteiger partial charge in [0.05, 0.1) is 11.4 Å². The number of carbonyl (C=O) groups excluding carboxylic acids is 1. The summed E-state index contributed by atoms with van der Waals surface area (Å²) in [6.45, 7) is 4.05. The Bertz CT molecular complexity index is 916. The molecule has 1 aromatic carbocycles. The Hall–Kier alpha value is -3.08. The lowest BCUT2D eigenvalue weighted by Gasteiger charge is -2.14. The lowest BCUT2D eigenvalue weighted by molar-refractivity contribution is 0.0827. The quantitative estimate of drug-likeness (QED) is 0.721. The molecule has 5 nitrogen and oxygen atoms in total. The molecule has 2 heterocycles. The third-order valence-corrected chi connectivity index (χ3v) is 4.27. The zero-order valence-corrected chi connectivity index (χ0v) is 15.5. The van der Waals surface area contributed by atoms with Gasteiger partial charge in [-0.1, -0.05) is 25.1 Å². The number of hydrogen-bond donors (Lipinski definition) is 0. The van der Waals surface area contributed by atoms with E-state index >= 15 is 0 Å². The molecule has 0 unspecified atom stereocenters. The van der Waals surface area contributed by atoms with Crippen LogP contribution >= 0.6 is 0 Å². The lowest BCUT2D eigenvalue weighted by Crippen LogP contribution is -2.21. The fourth-order valence-electron chi connectivity index (χ4n) is 2.86. The Balaban J connectivity index is 2.10. The second kappa shape index (κ2) is 7.44. The topological polar surface area (TPSA) is 59.0 Å². The van der Waals surface area contributed by atoms with E-state index in [9.17, 15) is 4.79 Å². The zero-order chi connectivity index (χ0) is 18.7. The van der Waals surface area contributed by atoms with E-state index in [1.54, 1.807) is 25.3 Å². The van der Waals surface area contributed by atoms with E-state index in [0.717, 1.165) is 40.2 Å². The molecule has 2 aromatic heterocycles. The van der Waals surface area contributed by atoms with Gasteiger partial charge in [0.15, 0.2) is 0 Å². The highest BCUT2D eigenvalue weighted by Crippen LogP contribution is 2.32. The Kier molecular flexibility index (Phi) is 5.07. The van der Waals surface area contributed by atoms with Gasteiger partial charge in [0, 0.05) is 48.2 Å². The molecule has 1 amide bonds. The predicted molar refractivity (Wildman–Crippen MR) is 103 cm³/mol. The third kappa shape index (κ3) is 3.47. The van der Waals surface area contributed by atoms with Crippen LogP contribution in [-0.4, -0.2) is 39.9 Å². The van der Waals surface area contributed by atoms with Gasteiger partial charge < -0.3 is 4.90 Å². The van der Waals surface area contributed by atoms with E-state index in [0.29, 0.717) is 5.56 Å². The summed E-state index contributed by atoms with van der Waals surface area (Å²) in [4.78, 5) is 27.1. The van der Waals surface area contributed by atoms with Crippen LogP contribution in [0.1, 0.15) is 28.7 Å². The van der Waals surface area contributed by atoms with E-state index in [1.807, 2.05) is 49.5 Å². The molecule has 0 aliphatic carbocycles. The highest BCUT2D eigenvalue weighted by Gasteiger charge is 2.15.